The molecule has 7 heteroatoms. The summed E-state index contributed by atoms with van der Waals surface area (Å²) in [6, 6.07) is 13.8. The average Bonchev–Trinajstić information content (AvgIpc) is 3.25. The first-order chi connectivity index (χ1) is 13.0. The highest BCUT2D eigenvalue weighted by Crippen LogP contribution is 2.25. The molecule has 27 heavy (non-hydrogen) atoms. The number of carbonyl (C=O) groups excluding carboxylic acids is 1. The van der Waals surface area contributed by atoms with E-state index in [0.29, 0.717) is 12.1 Å². The molecule has 0 aliphatic carbocycles. The maximum atomic E-state index is 12.3. The van der Waals surface area contributed by atoms with E-state index >= 15 is 0 Å². The van der Waals surface area contributed by atoms with Crippen LogP contribution in [-0.2, 0) is 6.54 Å². The predicted molar refractivity (Wildman–Crippen MR) is 106 cm³/mol. The van der Waals surface area contributed by atoms with Gasteiger partial charge in [0.15, 0.2) is 5.82 Å². The van der Waals surface area contributed by atoms with E-state index in [1.165, 1.54) is 16.9 Å². The van der Waals surface area contributed by atoms with Crippen molar-refractivity contribution in [3.63, 3.8) is 0 Å². The number of amides is 1. The van der Waals surface area contributed by atoms with Crippen LogP contribution in [0.3, 0.4) is 0 Å². The lowest BCUT2D eigenvalue weighted by Crippen LogP contribution is -2.22. The van der Waals surface area contributed by atoms with E-state index in [9.17, 15) is 4.79 Å². The molecule has 1 N–H and O–H groups in total. The standard InChI is InChI=1S/C20H19N5OS/c1-12-4-7-17(10-13(12)2)18(26)21-11-15-5-8-16(9-6-15)19-24-25-14(3)22-23-20(25)27-19/h4-10H,11H2,1-3H3,(H,21,26). The Hall–Kier alpha value is -3.06. The van der Waals surface area contributed by atoms with Crippen molar-refractivity contribution in [3.05, 3.63) is 70.5 Å². The first-order valence-corrected chi connectivity index (χ1v) is 9.46. The van der Waals surface area contributed by atoms with Gasteiger partial charge in [0.05, 0.1) is 0 Å². The predicted octanol–water partition coefficient (Wildman–Crippen LogP) is 3.71. The van der Waals surface area contributed by atoms with E-state index in [1.54, 1.807) is 4.52 Å². The van der Waals surface area contributed by atoms with Gasteiger partial charge in [-0.3, -0.25) is 4.79 Å². The smallest absolute Gasteiger partial charge is 0.251 e. The Labute approximate surface area is 160 Å². The summed E-state index contributed by atoms with van der Waals surface area (Å²) in [4.78, 5) is 13.1. The van der Waals surface area contributed by atoms with Crippen LogP contribution in [0.15, 0.2) is 42.5 Å². The second kappa shape index (κ2) is 6.92. The minimum Gasteiger partial charge on any atom is -0.348 e. The second-order valence-corrected chi connectivity index (χ2v) is 7.48. The number of rotatable bonds is 4. The van der Waals surface area contributed by atoms with Gasteiger partial charge in [-0.2, -0.15) is 9.61 Å². The molecule has 4 aromatic rings. The summed E-state index contributed by atoms with van der Waals surface area (Å²) >= 11 is 1.50. The SMILES string of the molecule is Cc1ccc(C(=O)NCc2ccc(-c3nn4c(C)nnc4s3)cc2)cc1C. The first kappa shape index (κ1) is 17.4. The van der Waals surface area contributed by atoms with Crippen LogP contribution in [-0.4, -0.2) is 25.7 Å². The zero-order valence-corrected chi connectivity index (χ0v) is 16.2. The Morgan fingerprint density at radius 3 is 2.52 bits per heavy atom. The van der Waals surface area contributed by atoms with Crippen molar-refractivity contribution >= 4 is 22.2 Å². The molecule has 0 unspecified atom stereocenters. The number of aromatic nitrogens is 4. The van der Waals surface area contributed by atoms with Crippen LogP contribution >= 0.6 is 11.3 Å². The van der Waals surface area contributed by atoms with E-state index in [-0.39, 0.29) is 5.91 Å². The van der Waals surface area contributed by atoms with E-state index in [4.69, 9.17) is 0 Å². The highest BCUT2D eigenvalue weighted by molar-refractivity contribution is 7.19. The topological polar surface area (TPSA) is 72.2 Å². The van der Waals surface area contributed by atoms with Crippen LogP contribution in [0.5, 0.6) is 0 Å². The molecule has 4 rings (SSSR count). The lowest BCUT2D eigenvalue weighted by Gasteiger charge is -2.08. The molecule has 0 bridgehead atoms. The third kappa shape index (κ3) is 3.46. The van der Waals surface area contributed by atoms with Gasteiger partial charge < -0.3 is 5.32 Å². The maximum Gasteiger partial charge on any atom is 0.251 e. The quantitative estimate of drug-likeness (QED) is 0.588. The van der Waals surface area contributed by atoms with Crippen molar-refractivity contribution < 1.29 is 4.79 Å². The number of nitrogens with zero attached hydrogens (tertiary/aromatic N) is 4. The molecule has 2 aromatic heterocycles. The van der Waals surface area contributed by atoms with Gasteiger partial charge in [-0.25, -0.2) is 0 Å². The third-order valence-corrected chi connectivity index (χ3v) is 5.52. The summed E-state index contributed by atoms with van der Waals surface area (Å²) < 4.78 is 1.75. The Morgan fingerprint density at radius 1 is 1.04 bits per heavy atom. The Kier molecular flexibility index (Phi) is 4.45. The van der Waals surface area contributed by atoms with Gasteiger partial charge in [-0.1, -0.05) is 41.7 Å². The first-order valence-electron chi connectivity index (χ1n) is 8.65. The number of fused-ring (bicyclic) bond motifs is 1. The van der Waals surface area contributed by atoms with Gasteiger partial charge in [0.2, 0.25) is 4.96 Å². The highest BCUT2D eigenvalue weighted by Gasteiger charge is 2.11. The number of aryl methyl sites for hydroxylation is 3. The molecular weight excluding hydrogens is 358 g/mol. The van der Waals surface area contributed by atoms with Crippen LogP contribution in [0.1, 0.15) is 32.9 Å². The largest absolute Gasteiger partial charge is 0.348 e. The average molecular weight is 377 g/mol. The molecule has 1 amide bonds. The van der Waals surface area contributed by atoms with Gasteiger partial charge in [-0.05, 0) is 49.6 Å². The number of carbonyl (C=O) groups is 1. The monoisotopic (exact) mass is 377 g/mol. The molecule has 0 saturated heterocycles. The van der Waals surface area contributed by atoms with Crippen molar-refractivity contribution in [3.8, 4) is 10.6 Å². The lowest BCUT2D eigenvalue weighted by atomic mass is 10.1. The van der Waals surface area contributed by atoms with Crippen LogP contribution in [0, 0.1) is 20.8 Å². The molecule has 0 aliphatic rings. The number of hydrogen-bond donors (Lipinski definition) is 1. The van der Waals surface area contributed by atoms with Gasteiger partial charge in [-0.15, -0.1) is 10.2 Å². The van der Waals surface area contributed by atoms with E-state index in [1.807, 2.05) is 63.2 Å². The molecule has 6 nitrogen and oxygen atoms in total. The summed E-state index contributed by atoms with van der Waals surface area (Å²) in [5.74, 6) is 0.712. The summed E-state index contributed by atoms with van der Waals surface area (Å²) in [6.45, 7) is 6.41. The van der Waals surface area contributed by atoms with Crippen molar-refractivity contribution in [1.82, 2.24) is 25.1 Å². The molecule has 136 valence electrons. The minimum absolute atomic E-state index is 0.0636. The zero-order valence-electron chi connectivity index (χ0n) is 15.4. The van der Waals surface area contributed by atoms with Gasteiger partial charge in [0.25, 0.3) is 5.91 Å². The number of benzene rings is 2. The van der Waals surface area contributed by atoms with Crippen LogP contribution in [0.25, 0.3) is 15.5 Å². The second-order valence-electron chi connectivity index (χ2n) is 6.53. The molecule has 0 saturated carbocycles. The minimum atomic E-state index is -0.0636. The zero-order chi connectivity index (χ0) is 19.0. The fourth-order valence-corrected chi connectivity index (χ4v) is 3.65. The van der Waals surface area contributed by atoms with E-state index in [0.717, 1.165) is 32.5 Å². The summed E-state index contributed by atoms with van der Waals surface area (Å²) in [6.07, 6.45) is 0. The third-order valence-electron chi connectivity index (χ3n) is 4.57. The van der Waals surface area contributed by atoms with Crippen molar-refractivity contribution in [1.29, 1.82) is 0 Å². The van der Waals surface area contributed by atoms with Crippen molar-refractivity contribution in [2.75, 3.05) is 0 Å². The fraction of sp³-hybridized carbons (Fsp3) is 0.200. The Morgan fingerprint density at radius 2 is 1.81 bits per heavy atom. The molecule has 2 heterocycles. The van der Waals surface area contributed by atoms with Crippen LogP contribution in [0.4, 0.5) is 0 Å². The van der Waals surface area contributed by atoms with Crippen molar-refractivity contribution in [2.45, 2.75) is 27.3 Å². The normalized spacial score (nSPS) is 11.1. The Balaban J connectivity index is 1.44. The Bertz CT molecular complexity index is 1130. The van der Waals surface area contributed by atoms with Crippen LogP contribution in [0.2, 0.25) is 0 Å². The van der Waals surface area contributed by atoms with Gasteiger partial charge in [0, 0.05) is 17.7 Å². The summed E-state index contributed by atoms with van der Waals surface area (Å²) in [5.41, 5.74) is 5.05. The molecule has 2 aromatic carbocycles. The number of nitrogens with one attached hydrogen (secondary N) is 1. The maximum absolute atomic E-state index is 12.3. The van der Waals surface area contributed by atoms with Crippen LogP contribution < -0.4 is 5.32 Å². The fourth-order valence-electron chi connectivity index (χ4n) is 2.76. The van der Waals surface area contributed by atoms with E-state index in [2.05, 4.69) is 20.6 Å². The number of hydrogen-bond acceptors (Lipinski definition) is 5. The lowest BCUT2D eigenvalue weighted by molar-refractivity contribution is 0.0951. The van der Waals surface area contributed by atoms with Gasteiger partial charge in [0.1, 0.15) is 5.01 Å². The molecular formula is C20H19N5OS. The summed E-state index contributed by atoms with van der Waals surface area (Å²) in [7, 11) is 0. The van der Waals surface area contributed by atoms with Gasteiger partial charge >= 0.3 is 0 Å². The van der Waals surface area contributed by atoms with Crippen molar-refractivity contribution in [2.24, 2.45) is 0 Å². The molecule has 0 aliphatic heterocycles. The van der Waals surface area contributed by atoms with E-state index < -0.39 is 0 Å². The molecule has 0 radical (unpaired) electrons. The molecule has 0 fully saturated rings. The highest BCUT2D eigenvalue weighted by atomic mass is 32.1. The molecule has 0 spiro atoms. The molecule has 0 atom stereocenters. The summed E-state index contributed by atoms with van der Waals surface area (Å²) in [5, 5.41) is 16.5.